The summed E-state index contributed by atoms with van der Waals surface area (Å²) in [7, 11) is 0. The first-order chi connectivity index (χ1) is 8.58. The number of anilines is 1. The number of nitrogens with one attached hydrogen (secondary N) is 1. The molecule has 0 saturated heterocycles. The molecule has 0 spiro atoms. The Morgan fingerprint density at radius 3 is 2.56 bits per heavy atom. The van der Waals surface area contributed by atoms with Gasteiger partial charge in [-0.3, -0.25) is 0 Å². The summed E-state index contributed by atoms with van der Waals surface area (Å²) in [5.41, 5.74) is 0.377. The van der Waals surface area contributed by atoms with E-state index in [1.54, 1.807) is 12.1 Å². The van der Waals surface area contributed by atoms with Gasteiger partial charge in [0.05, 0.1) is 5.69 Å². The van der Waals surface area contributed by atoms with Gasteiger partial charge >= 0.3 is 0 Å². The lowest BCUT2D eigenvalue weighted by Crippen LogP contribution is -2.04. The average Bonchev–Trinajstić information content (AvgIpc) is 2.35. The van der Waals surface area contributed by atoms with E-state index in [1.807, 2.05) is 0 Å². The van der Waals surface area contributed by atoms with Crippen LogP contribution in [0.1, 0.15) is 5.56 Å². The Kier molecular flexibility index (Phi) is 3.91. The molecule has 1 N–H and O–H groups in total. The van der Waals surface area contributed by atoms with E-state index >= 15 is 0 Å². The molecule has 0 unspecified atom stereocenters. The van der Waals surface area contributed by atoms with Crippen molar-refractivity contribution in [1.29, 1.82) is 0 Å². The molecule has 0 saturated carbocycles. The van der Waals surface area contributed by atoms with E-state index in [-0.39, 0.29) is 12.2 Å². The molecule has 0 amide bonds. The van der Waals surface area contributed by atoms with E-state index in [2.05, 4.69) is 21.2 Å². The lowest BCUT2D eigenvalue weighted by atomic mass is 10.2. The smallest absolute Gasteiger partial charge is 0.181 e. The first kappa shape index (κ1) is 13.0. The second-order valence-corrected chi connectivity index (χ2v) is 4.61. The van der Waals surface area contributed by atoms with Crippen molar-refractivity contribution < 1.29 is 13.2 Å². The minimum Gasteiger partial charge on any atom is -0.378 e. The van der Waals surface area contributed by atoms with Crippen LogP contribution < -0.4 is 5.32 Å². The molecular formula is C13H9BrF3N. The van der Waals surface area contributed by atoms with Crippen molar-refractivity contribution in [2.24, 2.45) is 0 Å². The molecule has 18 heavy (non-hydrogen) atoms. The molecule has 2 aromatic carbocycles. The minimum atomic E-state index is -0.965. The zero-order valence-corrected chi connectivity index (χ0v) is 10.8. The van der Waals surface area contributed by atoms with E-state index in [1.165, 1.54) is 18.2 Å². The van der Waals surface area contributed by atoms with Crippen molar-refractivity contribution >= 4 is 21.6 Å². The molecule has 0 aromatic heterocycles. The van der Waals surface area contributed by atoms with Gasteiger partial charge in [0.1, 0.15) is 5.82 Å². The average molecular weight is 316 g/mol. The Labute approximate surface area is 111 Å². The van der Waals surface area contributed by atoms with Gasteiger partial charge < -0.3 is 5.32 Å². The van der Waals surface area contributed by atoms with Gasteiger partial charge in [0.2, 0.25) is 0 Å². The van der Waals surface area contributed by atoms with Crippen molar-refractivity contribution in [2.75, 3.05) is 5.32 Å². The number of benzene rings is 2. The highest BCUT2D eigenvalue weighted by atomic mass is 79.9. The van der Waals surface area contributed by atoms with Crippen molar-refractivity contribution in [2.45, 2.75) is 6.54 Å². The molecule has 0 heterocycles. The summed E-state index contributed by atoms with van der Waals surface area (Å²) >= 11 is 3.22. The van der Waals surface area contributed by atoms with Crippen LogP contribution in [0, 0.1) is 17.5 Å². The number of rotatable bonds is 3. The topological polar surface area (TPSA) is 12.0 Å². The molecule has 0 bridgehead atoms. The molecule has 0 radical (unpaired) electrons. The van der Waals surface area contributed by atoms with E-state index in [0.717, 1.165) is 10.5 Å². The van der Waals surface area contributed by atoms with Gasteiger partial charge in [-0.1, -0.05) is 22.0 Å². The van der Waals surface area contributed by atoms with E-state index in [4.69, 9.17) is 0 Å². The quantitative estimate of drug-likeness (QED) is 0.880. The molecule has 94 valence electrons. The maximum atomic E-state index is 13.4. The van der Waals surface area contributed by atoms with E-state index in [0.29, 0.717) is 5.56 Å². The summed E-state index contributed by atoms with van der Waals surface area (Å²) in [5.74, 6) is -2.30. The Morgan fingerprint density at radius 2 is 1.78 bits per heavy atom. The van der Waals surface area contributed by atoms with Gasteiger partial charge in [0.25, 0.3) is 0 Å². The fraction of sp³-hybridized carbons (Fsp3) is 0.0769. The summed E-state index contributed by atoms with van der Waals surface area (Å²) in [6, 6.07) is 8.27. The Hall–Kier alpha value is -1.49. The monoisotopic (exact) mass is 315 g/mol. The highest BCUT2D eigenvalue weighted by Crippen LogP contribution is 2.20. The standard InChI is InChI=1S/C13H9BrF3N/c14-9-4-5-10(15)8(6-9)7-18-12-3-1-2-11(16)13(12)17/h1-6,18H,7H2. The SMILES string of the molecule is Fc1ccc(Br)cc1CNc1cccc(F)c1F. The fourth-order valence-corrected chi connectivity index (χ4v) is 1.92. The Balaban J connectivity index is 2.16. The van der Waals surface area contributed by atoms with Gasteiger partial charge in [-0.05, 0) is 30.3 Å². The zero-order valence-electron chi connectivity index (χ0n) is 9.18. The van der Waals surface area contributed by atoms with Crippen molar-refractivity contribution in [3.05, 3.63) is 63.9 Å². The molecule has 0 aliphatic heterocycles. The van der Waals surface area contributed by atoms with Crippen LogP contribution in [0.3, 0.4) is 0 Å². The van der Waals surface area contributed by atoms with Crippen molar-refractivity contribution in [1.82, 2.24) is 0 Å². The van der Waals surface area contributed by atoms with Crippen LogP contribution in [0.25, 0.3) is 0 Å². The first-order valence-electron chi connectivity index (χ1n) is 5.20. The molecule has 0 fully saturated rings. The van der Waals surface area contributed by atoms with Crippen LogP contribution in [-0.2, 0) is 6.54 Å². The van der Waals surface area contributed by atoms with Crippen LogP contribution in [0.15, 0.2) is 40.9 Å². The fourth-order valence-electron chi connectivity index (χ4n) is 1.51. The van der Waals surface area contributed by atoms with Crippen LogP contribution in [0.4, 0.5) is 18.9 Å². The summed E-state index contributed by atoms with van der Waals surface area (Å²) in [6.07, 6.45) is 0. The van der Waals surface area contributed by atoms with Crippen LogP contribution in [-0.4, -0.2) is 0 Å². The third-order valence-electron chi connectivity index (χ3n) is 2.43. The summed E-state index contributed by atoms with van der Waals surface area (Å²) in [6.45, 7) is 0.0750. The minimum absolute atomic E-state index is 0.00868. The van der Waals surface area contributed by atoms with Crippen LogP contribution >= 0.6 is 15.9 Å². The first-order valence-corrected chi connectivity index (χ1v) is 5.99. The number of hydrogen-bond donors (Lipinski definition) is 1. The predicted octanol–water partition coefficient (Wildman–Crippen LogP) is 4.48. The van der Waals surface area contributed by atoms with Gasteiger partial charge in [-0.2, -0.15) is 0 Å². The molecule has 2 rings (SSSR count). The van der Waals surface area contributed by atoms with Gasteiger partial charge in [-0.15, -0.1) is 0 Å². The lowest BCUT2D eigenvalue weighted by Gasteiger charge is -2.09. The summed E-state index contributed by atoms with van der Waals surface area (Å²) < 4.78 is 40.4. The largest absolute Gasteiger partial charge is 0.378 e. The van der Waals surface area contributed by atoms with Gasteiger partial charge in [-0.25, -0.2) is 13.2 Å². The predicted molar refractivity (Wildman–Crippen MR) is 67.8 cm³/mol. The maximum Gasteiger partial charge on any atom is 0.181 e. The van der Waals surface area contributed by atoms with Crippen LogP contribution in [0.2, 0.25) is 0 Å². The third kappa shape index (κ3) is 2.85. The molecule has 5 heteroatoms. The van der Waals surface area contributed by atoms with Crippen LogP contribution in [0.5, 0.6) is 0 Å². The number of halogens is 4. The second-order valence-electron chi connectivity index (χ2n) is 3.69. The zero-order chi connectivity index (χ0) is 13.1. The van der Waals surface area contributed by atoms with Gasteiger partial charge in [0.15, 0.2) is 11.6 Å². The van der Waals surface area contributed by atoms with E-state index < -0.39 is 17.5 Å². The van der Waals surface area contributed by atoms with Gasteiger partial charge in [0, 0.05) is 16.6 Å². The summed E-state index contributed by atoms with van der Waals surface area (Å²) in [5, 5.41) is 2.66. The van der Waals surface area contributed by atoms with E-state index in [9.17, 15) is 13.2 Å². The van der Waals surface area contributed by atoms with Crippen molar-refractivity contribution in [3.8, 4) is 0 Å². The normalized spacial score (nSPS) is 10.4. The molecule has 1 nitrogen and oxygen atoms in total. The molecular weight excluding hydrogens is 307 g/mol. The molecule has 0 atom stereocenters. The molecule has 2 aromatic rings. The Morgan fingerprint density at radius 1 is 1.00 bits per heavy atom. The highest BCUT2D eigenvalue weighted by molar-refractivity contribution is 9.10. The number of hydrogen-bond acceptors (Lipinski definition) is 1. The lowest BCUT2D eigenvalue weighted by molar-refractivity contribution is 0.511. The third-order valence-corrected chi connectivity index (χ3v) is 2.92. The molecule has 0 aliphatic carbocycles. The highest BCUT2D eigenvalue weighted by Gasteiger charge is 2.08. The summed E-state index contributed by atoms with van der Waals surface area (Å²) in [4.78, 5) is 0. The maximum absolute atomic E-state index is 13.4. The second kappa shape index (κ2) is 5.44. The van der Waals surface area contributed by atoms with Crippen molar-refractivity contribution in [3.63, 3.8) is 0 Å². The Bertz CT molecular complexity index is 570. The molecule has 0 aliphatic rings.